The first-order chi connectivity index (χ1) is 9.84. The lowest BCUT2D eigenvalue weighted by Crippen LogP contribution is -2.46. The van der Waals surface area contributed by atoms with Crippen LogP contribution in [0.3, 0.4) is 0 Å². The molecule has 2 aliphatic heterocycles. The molecular formula is C14H26N2O4S. The number of carbonyl (C=O) groups is 1. The average molecular weight is 318 g/mol. The summed E-state index contributed by atoms with van der Waals surface area (Å²) in [4.78, 5) is 10.8. The maximum absolute atomic E-state index is 12.7. The topological polar surface area (TPSA) is 77.9 Å². The van der Waals surface area contributed by atoms with E-state index in [9.17, 15) is 13.2 Å². The van der Waals surface area contributed by atoms with Gasteiger partial charge in [-0.15, -0.1) is 0 Å². The molecule has 2 rings (SSSR count). The van der Waals surface area contributed by atoms with Gasteiger partial charge in [-0.05, 0) is 30.6 Å². The van der Waals surface area contributed by atoms with E-state index in [1.165, 1.54) is 4.31 Å². The average Bonchev–Trinajstić information content (AvgIpc) is 2.80. The van der Waals surface area contributed by atoms with Gasteiger partial charge in [0.2, 0.25) is 0 Å². The quantitative estimate of drug-likeness (QED) is 0.831. The monoisotopic (exact) mass is 318 g/mol. The Bertz CT molecular complexity index is 471. The van der Waals surface area contributed by atoms with E-state index in [-0.39, 0.29) is 18.3 Å². The van der Waals surface area contributed by atoms with Crippen LogP contribution in [-0.2, 0) is 15.0 Å². The van der Waals surface area contributed by atoms with Gasteiger partial charge in [0.25, 0.3) is 10.2 Å². The van der Waals surface area contributed by atoms with Gasteiger partial charge in [0, 0.05) is 32.6 Å². The summed E-state index contributed by atoms with van der Waals surface area (Å²) in [6.45, 7) is 6.04. The predicted octanol–water partition coefficient (Wildman–Crippen LogP) is 1.40. The first-order valence-electron chi connectivity index (χ1n) is 7.81. The number of carboxylic acids is 1. The molecule has 0 amide bonds. The van der Waals surface area contributed by atoms with Gasteiger partial charge in [0.15, 0.2) is 0 Å². The fraction of sp³-hybridized carbons (Fsp3) is 0.929. The van der Waals surface area contributed by atoms with Crippen LogP contribution in [0.15, 0.2) is 0 Å². The van der Waals surface area contributed by atoms with E-state index >= 15 is 0 Å². The highest BCUT2D eigenvalue weighted by Gasteiger charge is 2.40. The fourth-order valence-electron chi connectivity index (χ4n) is 3.38. The van der Waals surface area contributed by atoms with Crippen LogP contribution in [0.2, 0.25) is 0 Å². The van der Waals surface area contributed by atoms with Crippen molar-refractivity contribution < 1.29 is 18.3 Å². The molecule has 0 aromatic rings. The van der Waals surface area contributed by atoms with Gasteiger partial charge in [-0.3, -0.25) is 4.79 Å². The molecule has 0 saturated carbocycles. The number of piperidine rings is 1. The third-order valence-corrected chi connectivity index (χ3v) is 6.94. The molecule has 2 atom stereocenters. The highest BCUT2D eigenvalue weighted by molar-refractivity contribution is 7.86. The molecule has 0 radical (unpaired) electrons. The summed E-state index contributed by atoms with van der Waals surface area (Å²) in [5.74, 6) is -0.196. The van der Waals surface area contributed by atoms with Crippen molar-refractivity contribution >= 4 is 16.2 Å². The van der Waals surface area contributed by atoms with E-state index in [0.717, 1.165) is 19.3 Å². The van der Waals surface area contributed by atoms with Gasteiger partial charge in [-0.25, -0.2) is 0 Å². The molecule has 2 fully saturated rings. The summed E-state index contributed by atoms with van der Waals surface area (Å²) in [6.07, 6.45) is 3.01. The molecule has 122 valence electrons. The minimum Gasteiger partial charge on any atom is -0.481 e. The molecule has 0 unspecified atom stereocenters. The lowest BCUT2D eigenvalue weighted by atomic mass is 9.95. The standard InChI is InChI=1S/C14H26N2O4S/c1-3-12-4-6-15(7-5-12)21(19,20)16-9-11(2)13(10-16)8-14(17)18/h11-13H,3-10H2,1-2H3,(H,17,18)/t11-,13-/m1/s1. The summed E-state index contributed by atoms with van der Waals surface area (Å²) < 4.78 is 28.4. The van der Waals surface area contributed by atoms with Crippen molar-refractivity contribution in [1.29, 1.82) is 0 Å². The summed E-state index contributed by atoms with van der Waals surface area (Å²) in [5.41, 5.74) is 0. The molecule has 0 bridgehead atoms. The van der Waals surface area contributed by atoms with E-state index in [4.69, 9.17) is 5.11 Å². The summed E-state index contributed by atoms with van der Waals surface area (Å²) >= 11 is 0. The Kier molecular flexibility index (Phi) is 5.27. The van der Waals surface area contributed by atoms with Crippen LogP contribution in [0.25, 0.3) is 0 Å². The van der Waals surface area contributed by atoms with Crippen molar-refractivity contribution in [2.24, 2.45) is 17.8 Å². The van der Waals surface area contributed by atoms with Crippen LogP contribution in [-0.4, -0.2) is 54.3 Å². The summed E-state index contributed by atoms with van der Waals surface area (Å²) in [7, 11) is -3.42. The Morgan fingerprint density at radius 3 is 2.33 bits per heavy atom. The molecule has 6 nitrogen and oxygen atoms in total. The van der Waals surface area contributed by atoms with Gasteiger partial charge < -0.3 is 5.11 Å². The van der Waals surface area contributed by atoms with Crippen LogP contribution in [0, 0.1) is 17.8 Å². The second-order valence-corrected chi connectivity index (χ2v) is 8.34. The maximum Gasteiger partial charge on any atom is 0.303 e. The van der Waals surface area contributed by atoms with Gasteiger partial charge in [0.1, 0.15) is 0 Å². The zero-order valence-electron chi connectivity index (χ0n) is 12.9. The number of carboxylic acid groups (broad SMARTS) is 1. The molecule has 0 aromatic carbocycles. The summed E-state index contributed by atoms with van der Waals surface area (Å²) in [5, 5.41) is 8.91. The molecular weight excluding hydrogens is 292 g/mol. The molecule has 21 heavy (non-hydrogen) atoms. The molecule has 7 heteroatoms. The van der Waals surface area contributed by atoms with E-state index in [0.29, 0.717) is 32.1 Å². The van der Waals surface area contributed by atoms with Crippen LogP contribution in [0.5, 0.6) is 0 Å². The van der Waals surface area contributed by atoms with E-state index in [1.807, 2.05) is 6.92 Å². The smallest absolute Gasteiger partial charge is 0.303 e. The molecule has 2 heterocycles. The Morgan fingerprint density at radius 2 is 1.81 bits per heavy atom. The highest BCUT2D eigenvalue weighted by atomic mass is 32.2. The van der Waals surface area contributed by atoms with Gasteiger partial charge in [0.05, 0.1) is 0 Å². The Balaban J connectivity index is 1.99. The molecule has 1 N–H and O–H groups in total. The number of nitrogens with zero attached hydrogens (tertiary/aromatic N) is 2. The molecule has 0 spiro atoms. The lowest BCUT2D eigenvalue weighted by Gasteiger charge is -2.33. The second-order valence-electron chi connectivity index (χ2n) is 6.41. The third kappa shape index (κ3) is 3.76. The Hall–Kier alpha value is -0.660. The van der Waals surface area contributed by atoms with Gasteiger partial charge >= 0.3 is 5.97 Å². The van der Waals surface area contributed by atoms with Crippen molar-refractivity contribution in [2.75, 3.05) is 26.2 Å². The largest absolute Gasteiger partial charge is 0.481 e. The molecule has 2 aliphatic rings. The number of aliphatic carboxylic acids is 1. The van der Waals surface area contributed by atoms with Crippen LogP contribution in [0.4, 0.5) is 0 Å². The number of hydrogen-bond acceptors (Lipinski definition) is 3. The van der Waals surface area contributed by atoms with Crippen molar-refractivity contribution in [1.82, 2.24) is 8.61 Å². The van der Waals surface area contributed by atoms with Crippen LogP contribution >= 0.6 is 0 Å². The molecule has 0 aliphatic carbocycles. The minimum absolute atomic E-state index is 0.0467. The van der Waals surface area contributed by atoms with Gasteiger partial charge in [-0.2, -0.15) is 17.0 Å². The normalized spacial score (nSPS) is 29.8. The second kappa shape index (κ2) is 6.62. The fourth-order valence-corrected chi connectivity index (χ4v) is 5.18. The third-order valence-electron chi connectivity index (χ3n) is 4.97. The van der Waals surface area contributed by atoms with E-state index in [1.54, 1.807) is 4.31 Å². The minimum atomic E-state index is -3.42. The van der Waals surface area contributed by atoms with Crippen molar-refractivity contribution in [3.63, 3.8) is 0 Å². The van der Waals surface area contributed by atoms with Crippen molar-refractivity contribution in [3.05, 3.63) is 0 Å². The SMILES string of the molecule is CCC1CCN(S(=O)(=O)N2C[C@@H](CC(=O)O)[C@H](C)C2)CC1. The first kappa shape index (κ1) is 16.7. The lowest BCUT2D eigenvalue weighted by molar-refractivity contribution is -0.138. The zero-order chi connectivity index (χ0) is 15.6. The van der Waals surface area contributed by atoms with Crippen LogP contribution < -0.4 is 0 Å². The highest BCUT2D eigenvalue weighted by Crippen LogP contribution is 2.31. The van der Waals surface area contributed by atoms with Crippen molar-refractivity contribution in [3.8, 4) is 0 Å². The zero-order valence-corrected chi connectivity index (χ0v) is 13.7. The summed E-state index contributed by atoms with van der Waals surface area (Å²) in [6, 6.07) is 0. The van der Waals surface area contributed by atoms with Crippen molar-refractivity contribution in [2.45, 2.75) is 39.5 Å². The molecule has 2 saturated heterocycles. The van der Waals surface area contributed by atoms with Gasteiger partial charge in [-0.1, -0.05) is 20.3 Å². The maximum atomic E-state index is 12.7. The van der Waals surface area contributed by atoms with E-state index in [2.05, 4.69) is 6.92 Å². The number of rotatable bonds is 5. The predicted molar refractivity (Wildman–Crippen MR) is 80.0 cm³/mol. The Morgan fingerprint density at radius 1 is 1.19 bits per heavy atom. The Labute approximate surface area is 127 Å². The number of hydrogen-bond donors (Lipinski definition) is 1. The van der Waals surface area contributed by atoms with E-state index < -0.39 is 16.2 Å². The first-order valence-corrected chi connectivity index (χ1v) is 9.21. The molecule has 0 aromatic heterocycles. The van der Waals surface area contributed by atoms with Crippen LogP contribution in [0.1, 0.15) is 39.5 Å².